The average molecular weight is 1020 g/mol. The van der Waals surface area contributed by atoms with E-state index in [1.54, 1.807) is 34.2 Å². The van der Waals surface area contributed by atoms with Crippen molar-refractivity contribution < 1.29 is 56.7 Å². The number of benzene rings is 2. The first-order chi connectivity index (χ1) is 34.4. The number of thiophene rings is 1. The molecule has 5 N–H and O–H groups in total. The molecule has 1 unspecified atom stereocenters. The van der Waals surface area contributed by atoms with E-state index in [1.807, 2.05) is 18.2 Å². The fourth-order valence-corrected chi connectivity index (χ4v) is 12.6. The largest absolute Gasteiger partial charge is 0.399 e. The number of nitrogens with zero attached hydrogens (tertiary/aromatic N) is 4. The molecule has 21 heteroatoms. The summed E-state index contributed by atoms with van der Waals surface area (Å²) in [5.41, 5.74) is -3.68. The minimum absolute atomic E-state index is 0.128. The Morgan fingerprint density at radius 3 is 2.51 bits per heavy atom. The van der Waals surface area contributed by atoms with Gasteiger partial charge < -0.3 is 35.1 Å². The maximum absolute atomic E-state index is 14.5. The Hall–Kier alpha value is -6.39. The van der Waals surface area contributed by atoms with E-state index in [1.165, 1.54) is 17.0 Å². The van der Waals surface area contributed by atoms with Gasteiger partial charge in [0.15, 0.2) is 0 Å². The van der Waals surface area contributed by atoms with Gasteiger partial charge in [0.05, 0.1) is 23.7 Å². The Morgan fingerprint density at radius 1 is 0.944 bits per heavy atom. The maximum Gasteiger partial charge on any atom is 0.399 e. The summed E-state index contributed by atoms with van der Waals surface area (Å²) in [5.74, 6) is 4.45. The number of pyridine rings is 1. The monoisotopic (exact) mass is 1020 g/mol. The van der Waals surface area contributed by atoms with E-state index in [9.17, 15) is 56.7 Å². The third-order valence-corrected chi connectivity index (χ3v) is 17.2. The van der Waals surface area contributed by atoms with Crippen LogP contribution in [0.1, 0.15) is 119 Å². The SMILES string of the molecule is O=C1CCC(N2Cc3c(C#CCCCCCC(=O)NC4(c5ccccn5)CN(C(=O)[C@@H]5CC[C@@H]6C[C@H]7C[C@H]7C[C@H](NC(=O)c7cc8cc(C(F)(F)P(=O)(O)O)ccc8s7)C(=O)N65)C4)cccc3C2=O)C(=O)N1. The summed E-state index contributed by atoms with van der Waals surface area (Å²) in [5, 5.41) is 8.56. The van der Waals surface area contributed by atoms with Gasteiger partial charge in [-0.3, -0.25) is 48.4 Å². The number of unbranched alkanes of at least 4 members (excludes halogenated alkanes) is 3. The van der Waals surface area contributed by atoms with E-state index in [2.05, 4.69) is 32.8 Å². The third-order valence-electron chi connectivity index (χ3n) is 15.1. The molecule has 10 rings (SSSR count). The molecule has 72 heavy (non-hydrogen) atoms. The number of hydrogen-bond acceptors (Lipinski definition) is 10. The van der Waals surface area contributed by atoms with Crippen LogP contribution in [-0.2, 0) is 46.3 Å². The van der Waals surface area contributed by atoms with Crippen molar-refractivity contribution in [1.29, 1.82) is 0 Å². The number of carbonyl (C=O) groups excluding carboxylic acids is 7. The lowest BCUT2D eigenvalue weighted by atomic mass is 9.84. The number of fused-ring (bicyclic) bond motifs is 4. The zero-order valence-corrected chi connectivity index (χ0v) is 40.7. The lowest BCUT2D eigenvalue weighted by molar-refractivity contribution is -0.154. The molecule has 5 aliphatic heterocycles. The Kier molecular flexibility index (Phi) is 13.1. The van der Waals surface area contributed by atoms with Crippen molar-refractivity contribution >= 4 is 70.4 Å². The van der Waals surface area contributed by atoms with Gasteiger partial charge in [0.1, 0.15) is 23.7 Å². The molecule has 7 heterocycles. The highest BCUT2D eigenvalue weighted by atomic mass is 32.1. The van der Waals surface area contributed by atoms with Gasteiger partial charge in [-0.15, -0.1) is 11.3 Å². The van der Waals surface area contributed by atoms with Crippen molar-refractivity contribution in [1.82, 2.24) is 35.6 Å². The van der Waals surface area contributed by atoms with Gasteiger partial charge in [0.25, 0.3) is 11.8 Å². The van der Waals surface area contributed by atoms with Gasteiger partial charge in [-0.25, -0.2) is 0 Å². The van der Waals surface area contributed by atoms with Gasteiger partial charge in [-0.05, 0) is 117 Å². The van der Waals surface area contributed by atoms with E-state index in [-0.39, 0.29) is 90.7 Å². The summed E-state index contributed by atoms with van der Waals surface area (Å²) in [6.45, 7) is 0.526. The van der Waals surface area contributed by atoms with Crippen LogP contribution in [0.2, 0.25) is 0 Å². The van der Waals surface area contributed by atoms with Crippen molar-refractivity contribution in [3.8, 4) is 11.8 Å². The first-order valence-electron chi connectivity index (χ1n) is 24.3. The molecular formula is C51H52F2N7O10PS. The molecule has 1 aliphatic carbocycles. The van der Waals surface area contributed by atoms with Crippen LogP contribution in [-0.4, -0.2) is 108 Å². The zero-order valence-electron chi connectivity index (χ0n) is 39.0. The molecule has 4 saturated heterocycles. The first kappa shape index (κ1) is 49.2. The molecule has 6 atom stereocenters. The quantitative estimate of drug-likeness (QED) is 0.0516. The zero-order chi connectivity index (χ0) is 50.7. The Labute approximate surface area is 416 Å². The fraction of sp³-hybridized carbons (Fsp3) is 0.451. The Bertz CT molecular complexity index is 3020. The van der Waals surface area contributed by atoms with E-state index in [0.29, 0.717) is 59.5 Å². The summed E-state index contributed by atoms with van der Waals surface area (Å²) in [6.07, 6.45) is 7.99. The molecule has 4 aromatic rings. The number of likely N-dealkylation sites (tertiary alicyclic amines) is 1. The average Bonchev–Trinajstić information content (AvgIpc) is 3.59. The number of aromatic nitrogens is 1. The summed E-state index contributed by atoms with van der Waals surface area (Å²) >= 11 is 0.998. The second-order valence-electron chi connectivity index (χ2n) is 19.8. The second kappa shape index (κ2) is 19.2. The number of nitrogens with one attached hydrogen (secondary N) is 3. The van der Waals surface area contributed by atoms with Crippen LogP contribution in [0.15, 0.2) is 66.9 Å². The predicted molar refractivity (Wildman–Crippen MR) is 257 cm³/mol. The van der Waals surface area contributed by atoms with Gasteiger partial charge in [0, 0.05) is 59.4 Å². The number of hydrogen-bond donors (Lipinski definition) is 5. The topological polar surface area (TPSA) is 236 Å². The summed E-state index contributed by atoms with van der Waals surface area (Å²) < 4.78 is 41.0. The van der Waals surface area contributed by atoms with Crippen LogP contribution in [0.5, 0.6) is 0 Å². The molecule has 1 saturated carbocycles. The van der Waals surface area contributed by atoms with Crippen LogP contribution < -0.4 is 16.0 Å². The fourth-order valence-electron chi connectivity index (χ4n) is 11.2. The number of halogens is 2. The predicted octanol–water partition coefficient (Wildman–Crippen LogP) is 5.03. The standard InChI is InChI=1S/C51H52F2N7O10PS/c52-51(53,71(68,69)70)33-14-18-40-32(22-33)25-41(72-40)46(64)55-37-24-31-21-30(31)23-34-15-16-39(60(34)48(37)66)49(67)58-27-50(28-58,42-12-6-7-20-54-42)57-44(62)13-5-3-1-2-4-9-29-10-8-11-35-36(29)26-59(47(35)65)38-17-19-43(61)56-45(38)63/h6-8,10-12,14,18,20,22,25,30-31,34,37-39H,1-3,5,13,15-17,19,21,23-24,26-28H2,(H,55,64)(H,57,62)(H,56,61,63)(H2,68,69,70)/t30-,31+,34-,37+,38?,39+/m1/s1. The van der Waals surface area contributed by atoms with Crippen LogP contribution in [0.4, 0.5) is 8.78 Å². The molecule has 7 amide bonds. The summed E-state index contributed by atoms with van der Waals surface area (Å²) in [4.78, 5) is 122. The molecule has 5 fully saturated rings. The minimum atomic E-state index is -5.81. The number of imide groups is 1. The van der Waals surface area contributed by atoms with E-state index < -0.39 is 54.3 Å². The molecule has 0 radical (unpaired) electrons. The smallest absolute Gasteiger partial charge is 0.342 e. The van der Waals surface area contributed by atoms with Gasteiger partial charge in [0.2, 0.25) is 29.5 Å². The maximum atomic E-state index is 14.5. The van der Waals surface area contributed by atoms with Gasteiger partial charge in [-0.2, -0.15) is 8.78 Å². The molecule has 6 aliphatic rings. The third kappa shape index (κ3) is 9.43. The Morgan fingerprint density at radius 2 is 1.75 bits per heavy atom. The van der Waals surface area contributed by atoms with Crippen LogP contribution in [0.25, 0.3) is 10.1 Å². The number of carbonyl (C=O) groups is 7. The van der Waals surface area contributed by atoms with Crippen molar-refractivity contribution in [3.63, 3.8) is 0 Å². The van der Waals surface area contributed by atoms with Crippen molar-refractivity contribution in [2.75, 3.05) is 13.1 Å². The first-order valence-corrected chi connectivity index (χ1v) is 26.7. The lowest BCUT2D eigenvalue weighted by Gasteiger charge is -2.51. The highest BCUT2D eigenvalue weighted by Gasteiger charge is 2.56. The van der Waals surface area contributed by atoms with Gasteiger partial charge >= 0.3 is 13.3 Å². The molecule has 2 aromatic heterocycles. The number of piperidine rings is 1. The van der Waals surface area contributed by atoms with Crippen LogP contribution in [0.3, 0.4) is 0 Å². The van der Waals surface area contributed by atoms with Gasteiger partial charge in [-0.1, -0.05) is 36.5 Å². The molecular weight excluding hydrogens is 972 g/mol. The summed E-state index contributed by atoms with van der Waals surface area (Å²) in [6, 6.07) is 12.6. The van der Waals surface area contributed by atoms with Crippen LogP contribution >= 0.6 is 18.9 Å². The van der Waals surface area contributed by atoms with E-state index >= 15 is 0 Å². The highest BCUT2D eigenvalue weighted by Crippen LogP contribution is 2.59. The second-order valence-corrected chi connectivity index (χ2v) is 22.6. The number of alkyl halides is 2. The molecule has 0 spiro atoms. The molecule has 376 valence electrons. The summed E-state index contributed by atoms with van der Waals surface area (Å²) in [7, 11) is -5.81. The normalized spacial score (nSPS) is 24.5. The Balaban J connectivity index is 0.741. The van der Waals surface area contributed by atoms with Crippen LogP contribution in [0, 0.1) is 23.7 Å². The van der Waals surface area contributed by atoms with Crippen molar-refractivity contribution in [3.05, 3.63) is 99.7 Å². The molecule has 2 aromatic carbocycles. The highest BCUT2D eigenvalue weighted by molar-refractivity contribution is 7.52. The van der Waals surface area contributed by atoms with Crippen molar-refractivity contribution in [2.24, 2.45) is 11.8 Å². The number of amides is 7. The lowest BCUT2D eigenvalue weighted by Crippen LogP contribution is -2.71. The number of rotatable bonds is 13. The van der Waals surface area contributed by atoms with E-state index in [0.717, 1.165) is 54.7 Å². The van der Waals surface area contributed by atoms with Crippen molar-refractivity contribution in [2.45, 2.75) is 119 Å². The molecule has 0 bridgehead atoms. The van der Waals surface area contributed by atoms with E-state index in [4.69, 9.17) is 0 Å². The molecule has 17 nitrogen and oxygen atoms in total. The minimum Gasteiger partial charge on any atom is -0.342 e.